The number of methoxy groups -OCH3 is 2. The van der Waals surface area contributed by atoms with Crippen molar-refractivity contribution in [2.45, 2.75) is 33.2 Å². The highest BCUT2D eigenvalue weighted by Crippen LogP contribution is 2.25. The van der Waals surface area contributed by atoms with Gasteiger partial charge in [-0.3, -0.25) is 9.48 Å². The van der Waals surface area contributed by atoms with Gasteiger partial charge in [0.1, 0.15) is 11.8 Å². The van der Waals surface area contributed by atoms with Crippen LogP contribution >= 0.6 is 0 Å². The molecule has 1 atom stereocenters. The number of hydrogen-bond acceptors (Lipinski definition) is 5. The quantitative estimate of drug-likeness (QED) is 0.789. The highest BCUT2D eigenvalue weighted by atomic mass is 16.5. The van der Waals surface area contributed by atoms with Gasteiger partial charge in [-0.05, 0) is 38.5 Å². The Balaban J connectivity index is 2.35. The van der Waals surface area contributed by atoms with E-state index in [0.717, 1.165) is 22.5 Å². The summed E-state index contributed by atoms with van der Waals surface area (Å²) in [5, 5.41) is 13.7. The Morgan fingerprint density at radius 2 is 2.08 bits per heavy atom. The first-order valence-electron chi connectivity index (χ1n) is 7.61. The Hall–Kier alpha value is -2.81. The van der Waals surface area contributed by atoms with Crippen LogP contribution in [0, 0.1) is 25.2 Å². The fraction of sp³-hybridized carbons (Fsp3) is 0.389. The first-order valence-corrected chi connectivity index (χ1v) is 7.61. The van der Waals surface area contributed by atoms with E-state index in [4.69, 9.17) is 9.47 Å². The zero-order chi connectivity index (χ0) is 17.9. The lowest BCUT2D eigenvalue weighted by atomic mass is 9.99. The number of hydrogen-bond donors (Lipinski definition) is 0. The minimum atomic E-state index is -0.366. The second kappa shape index (κ2) is 7.18. The van der Waals surface area contributed by atoms with Gasteiger partial charge in [0.15, 0.2) is 0 Å². The van der Waals surface area contributed by atoms with Crippen molar-refractivity contribution < 1.29 is 14.3 Å². The third-order valence-corrected chi connectivity index (χ3v) is 4.14. The first kappa shape index (κ1) is 17.5. The molecular formula is C18H21N3O3. The topological polar surface area (TPSA) is 77.1 Å². The van der Waals surface area contributed by atoms with Gasteiger partial charge < -0.3 is 9.47 Å². The summed E-state index contributed by atoms with van der Waals surface area (Å²) in [6, 6.07) is 7.60. The van der Waals surface area contributed by atoms with E-state index in [0.29, 0.717) is 17.9 Å². The molecule has 0 fully saturated rings. The number of aryl methyl sites for hydroxylation is 1. The van der Waals surface area contributed by atoms with E-state index in [-0.39, 0.29) is 11.9 Å². The number of aromatic nitrogens is 2. The maximum absolute atomic E-state index is 11.8. The number of nitriles is 1. The average Bonchev–Trinajstić information content (AvgIpc) is 2.86. The van der Waals surface area contributed by atoms with E-state index in [1.807, 2.05) is 31.5 Å². The maximum Gasteiger partial charge on any atom is 0.312 e. The highest BCUT2D eigenvalue weighted by molar-refractivity contribution is 5.78. The molecule has 0 saturated heterocycles. The molecule has 1 unspecified atom stereocenters. The molecule has 1 aromatic carbocycles. The van der Waals surface area contributed by atoms with Gasteiger partial charge >= 0.3 is 5.97 Å². The number of benzene rings is 1. The van der Waals surface area contributed by atoms with E-state index >= 15 is 0 Å². The first-order chi connectivity index (χ1) is 11.4. The second-order valence-electron chi connectivity index (χ2n) is 5.63. The molecule has 126 valence electrons. The summed E-state index contributed by atoms with van der Waals surface area (Å²) in [5.41, 5.74) is 4.03. The SMILES string of the molecule is COC(=O)C(C)c1c(C)nn(Cc2ccc(OC)c(C#N)c2)c1C. The Bertz CT molecular complexity index is 803. The molecule has 0 saturated carbocycles. The molecule has 0 bridgehead atoms. The fourth-order valence-corrected chi connectivity index (χ4v) is 2.90. The normalized spacial score (nSPS) is 11.7. The van der Waals surface area contributed by atoms with Crippen LogP contribution in [-0.2, 0) is 16.1 Å². The van der Waals surface area contributed by atoms with Crippen molar-refractivity contribution >= 4 is 5.97 Å². The third-order valence-electron chi connectivity index (χ3n) is 4.14. The fourth-order valence-electron chi connectivity index (χ4n) is 2.90. The molecule has 0 amide bonds. The van der Waals surface area contributed by atoms with Crippen LogP contribution < -0.4 is 4.74 Å². The number of esters is 1. The maximum atomic E-state index is 11.8. The molecule has 24 heavy (non-hydrogen) atoms. The van der Waals surface area contributed by atoms with Gasteiger partial charge in [0, 0.05) is 11.3 Å². The molecular weight excluding hydrogens is 306 g/mol. The van der Waals surface area contributed by atoms with Gasteiger partial charge in [-0.1, -0.05) is 6.07 Å². The summed E-state index contributed by atoms with van der Waals surface area (Å²) < 4.78 is 11.8. The van der Waals surface area contributed by atoms with Crippen molar-refractivity contribution in [1.82, 2.24) is 9.78 Å². The van der Waals surface area contributed by atoms with Gasteiger partial charge in [0.05, 0.1) is 37.9 Å². The standard InChI is InChI=1S/C18H21N3O3/c1-11(18(22)24-5)17-12(2)20-21(13(17)3)10-14-6-7-16(23-4)15(8-14)9-19/h6-8,11H,10H2,1-5H3. The van der Waals surface area contributed by atoms with Crippen LogP contribution in [0.4, 0.5) is 0 Å². The van der Waals surface area contributed by atoms with Gasteiger partial charge in [-0.2, -0.15) is 10.4 Å². The van der Waals surface area contributed by atoms with Crippen LogP contribution in [0.2, 0.25) is 0 Å². The Morgan fingerprint density at radius 3 is 2.67 bits per heavy atom. The predicted molar refractivity (Wildman–Crippen MR) is 88.9 cm³/mol. The largest absolute Gasteiger partial charge is 0.495 e. The van der Waals surface area contributed by atoms with E-state index in [9.17, 15) is 10.1 Å². The molecule has 0 radical (unpaired) electrons. The molecule has 6 nitrogen and oxygen atoms in total. The predicted octanol–water partition coefficient (Wildman–Crippen LogP) is 2.71. The zero-order valence-corrected chi connectivity index (χ0v) is 14.6. The van der Waals surface area contributed by atoms with Gasteiger partial charge in [-0.25, -0.2) is 0 Å². The van der Waals surface area contributed by atoms with Crippen molar-refractivity contribution in [1.29, 1.82) is 5.26 Å². The average molecular weight is 327 g/mol. The summed E-state index contributed by atoms with van der Waals surface area (Å²) >= 11 is 0. The van der Waals surface area contributed by atoms with Crippen LogP contribution in [-0.4, -0.2) is 30.0 Å². The molecule has 0 aliphatic carbocycles. The number of carbonyl (C=O) groups excluding carboxylic acids is 1. The number of carbonyl (C=O) groups is 1. The molecule has 0 aliphatic rings. The molecule has 0 aliphatic heterocycles. The van der Waals surface area contributed by atoms with Crippen molar-refractivity contribution in [3.8, 4) is 11.8 Å². The second-order valence-corrected chi connectivity index (χ2v) is 5.63. The van der Waals surface area contributed by atoms with Crippen LogP contribution in [0.1, 0.15) is 40.9 Å². The summed E-state index contributed by atoms with van der Waals surface area (Å²) in [6.45, 7) is 6.14. The molecule has 2 aromatic rings. The van der Waals surface area contributed by atoms with Gasteiger partial charge in [-0.15, -0.1) is 0 Å². The van der Waals surface area contributed by atoms with Crippen molar-refractivity contribution in [2.75, 3.05) is 14.2 Å². The summed E-state index contributed by atoms with van der Waals surface area (Å²) in [6.07, 6.45) is 0. The monoisotopic (exact) mass is 327 g/mol. The number of ether oxygens (including phenoxy) is 2. The molecule has 0 spiro atoms. The van der Waals surface area contributed by atoms with E-state index in [2.05, 4.69) is 11.2 Å². The van der Waals surface area contributed by atoms with E-state index in [1.165, 1.54) is 14.2 Å². The van der Waals surface area contributed by atoms with Gasteiger partial charge in [0.25, 0.3) is 0 Å². The Labute approximate surface area is 141 Å². The van der Waals surface area contributed by atoms with Gasteiger partial charge in [0.2, 0.25) is 0 Å². The minimum Gasteiger partial charge on any atom is -0.495 e. The lowest BCUT2D eigenvalue weighted by Gasteiger charge is -2.11. The zero-order valence-electron chi connectivity index (χ0n) is 14.6. The van der Waals surface area contributed by atoms with Crippen molar-refractivity contribution in [3.05, 3.63) is 46.3 Å². The van der Waals surface area contributed by atoms with Crippen LogP contribution in [0.5, 0.6) is 5.75 Å². The van der Waals surface area contributed by atoms with Crippen LogP contribution in [0.15, 0.2) is 18.2 Å². The summed E-state index contributed by atoms with van der Waals surface area (Å²) in [5.74, 6) is -0.0964. The Kier molecular flexibility index (Phi) is 5.24. The van der Waals surface area contributed by atoms with Crippen molar-refractivity contribution in [2.24, 2.45) is 0 Å². The molecule has 2 rings (SSSR count). The van der Waals surface area contributed by atoms with E-state index in [1.54, 1.807) is 12.1 Å². The number of rotatable bonds is 5. The molecule has 0 N–H and O–H groups in total. The molecule has 1 aromatic heterocycles. The summed E-state index contributed by atoms with van der Waals surface area (Å²) in [7, 11) is 2.92. The minimum absolute atomic E-state index is 0.281. The Morgan fingerprint density at radius 1 is 1.38 bits per heavy atom. The summed E-state index contributed by atoms with van der Waals surface area (Å²) in [4.78, 5) is 11.8. The van der Waals surface area contributed by atoms with Crippen LogP contribution in [0.25, 0.3) is 0 Å². The molecule has 6 heteroatoms. The van der Waals surface area contributed by atoms with Crippen molar-refractivity contribution in [3.63, 3.8) is 0 Å². The highest BCUT2D eigenvalue weighted by Gasteiger charge is 2.24. The van der Waals surface area contributed by atoms with Crippen LogP contribution in [0.3, 0.4) is 0 Å². The third kappa shape index (κ3) is 3.25. The lowest BCUT2D eigenvalue weighted by molar-refractivity contribution is -0.142. The molecule has 1 heterocycles. The van der Waals surface area contributed by atoms with E-state index < -0.39 is 0 Å². The number of nitrogens with zero attached hydrogens (tertiary/aromatic N) is 3. The smallest absolute Gasteiger partial charge is 0.312 e. The lowest BCUT2D eigenvalue weighted by Crippen LogP contribution is -2.13.